The molecule has 4 bridgehead atoms. The summed E-state index contributed by atoms with van der Waals surface area (Å²) in [7, 11) is 0. The monoisotopic (exact) mass is 352 g/mol. The minimum Gasteiger partial charge on any atom is -0.481 e. The Morgan fingerprint density at radius 1 is 1.08 bits per heavy atom. The number of ether oxygens (including phenoxy) is 2. The van der Waals surface area contributed by atoms with E-state index in [1.165, 1.54) is 18.4 Å². The number of aliphatic carboxylic acids is 1. The maximum Gasteiger partial charge on any atom is 0.307 e. The summed E-state index contributed by atoms with van der Waals surface area (Å²) in [6, 6.07) is 6.26. The van der Waals surface area contributed by atoms with Crippen LogP contribution in [0.25, 0.3) is 0 Å². The Bertz CT molecular complexity index is 799. The Labute approximate surface area is 153 Å². The van der Waals surface area contributed by atoms with Crippen LogP contribution in [-0.4, -0.2) is 17.9 Å². The molecule has 0 spiro atoms. The third kappa shape index (κ3) is 1.88. The number of hydrogen-bond acceptors (Lipinski definition) is 3. The molecule has 5 aliphatic carbocycles. The fourth-order valence-electron chi connectivity index (χ4n) is 7.25. The summed E-state index contributed by atoms with van der Waals surface area (Å²) in [5.41, 5.74) is 1.31. The van der Waals surface area contributed by atoms with Gasteiger partial charge in [0.1, 0.15) is 0 Å². The van der Waals surface area contributed by atoms with Crippen molar-refractivity contribution in [3.63, 3.8) is 0 Å². The van der Waals surface area contributed by atoms with E-state index >= 15 is 0 Å². The van der Waals surface area contributed by atoms with Crippen LogP contribution in [0.15, 0.2) is 30.4 Å². The van der Waals surface area contributed by atoms with Crippen molar-refractivity contribution in [1.29, 1.82) is 0 Å². The first kappa shape index (κ1) is 15.1. The first-order valence-electron chi connectivity index (χ1n) is 10.0. The molecule has 3 saturated carbocycles. The number of rotatable bonds is 5. The predicted molar refractivity (Wildman–Crippen MR) is 94.8 cm³/mol. The van der Waals surface area contributed by atoms with Gasteiger partial charge in [-0.15, -0.1) is 0 Å². The minimum absolute atomic E-state index is 0.116. The van der Waals surface area contributed by atoms with Crippen molar-refractivity contribution in [2.75, 3.05) is 6.79 Å². The Hall–Kier alpha value is -1.97. The van der Waals surface area contributed by atoms with Gasteiger partial charge < -0.3 is 14.6 Å². The van der Waals surface area contributed by atoms with Crippen LogP contribution in [0.5, 0.6) is 11.5 Å². The van der Waals surface area contributed by atoms with Gasteiger partial charge in [0.15, 0.2) is 11.5 Å². The van der Waals surface area contributed by atoms with Crippen LogP contribution in [0.1, 0.15) is 24.8 Å². The zero-order valence-corrected chi connectivity index (χ0v) is 14.7. The highest BCUT2D eigenvalue weighted by atomic mass is 16.7. The number of carboxylic acids is 1. The summed E-state index contributed by atoms with van der Waals surface area (Å²) in [4.78, 5) is 11.8. The zero-order valence-electron chi connectivity index (χ0n) is 14.7. The Kier molecular flexibility index (Phi) is 3.07. The topological polar surface area (TPSA) is 55.8 Å². The molecule has 136 valence electrons. The van der Waals surface area contributed by atoms with Crippen LogP contribution in [0.4, 0.5) is 0 Å². The number of hydrogen-bond donors (Lipinski definition) is 1. The average Bonchev–Trinajstić information content (AvgIpc) is 3.17. The molecule has 4 heteroatoms. The molecule has 6 aliphatic rings. The van der Waals surface area contributed by atoms with E-state index in [1.807, 2.05) is 6.07 Å². The number of fused-ring (bicyclic) bond motifs is 1. The number of aryl methyl sites for hydroxylation is 1. The van der Waals surface area contributed by atoms with Crippen LogP contribution < -0.4 is 9.47 Å². The molecule has 1 aliphatic heterocycles. The van der Waals surface area contributed by atoms with Gasteiger partial charge in [-0.1, -0.05) is 18.2 Å². The van der Waals surface area contributed by atoms with Crippen molar-refractivity contribution >= 4 is 5.97 Å². The lowest BCUT2D eigenvalue weighted by atomic mass is 9.45. The summed E-state index contributed by atoms with van der Waals surface area (Å²) in [6.45, 7) is 0.327. The van der Waals surface area contributed by atoms with Crippen molar-refractivity contribution in [3.8, 4) is 11.5 Å². The highest BCUT2D eigenvalue weighted by molar-refractivity contribution is 5.72. The molecule has 4 nitrogen and oxygen atoms in total. The second kappa shape index (κ2) is 5.28. The van der Waals surface area contributed by atoms with E-state index < -0.39 is 5.97 Å². The quantitative estimate of drug-likeness (QED) is 0.820. The minimum atomic E-state index is -0.556. The average molecular weight is 352 g/mol. The first-order valence-corrected chi connectivity index (χ1v) is 10.0. The van der Waals surface area contributed by atoms with Gasteiger partial charge in [0.2, 0.25) is 6.79 Å². The maximum atomic E-state index is 11.8. The third-order valence-corrected chi connectivity index (χ3v) is 8.07. The maximum absolute atomic E-state index is 11.8. The first-order chi connectivity index (χ1) is 12.7. The Morgan fingerprint density at radius 2 is 1.92 bits per heavy atom. The summed E-state index contributed by atoms with van der Waals surface area (Å²) in [5, 5.41) is 9.75. The van der Waals surface area contributed by atoms with Crippen LogP contribution >= 0.6 is 0 Å². The predicted octanol–water partition coefficient (Wildman–Crippen LogP) is 3.75. The number of allylic oxidation sites excluding steroid dienone is 2. The molecule has 8 atom stereocenters. The molecular weight excluding hydrogens is 328 g/mol. The second-order valence-electron chi connectivity index (χ2n) is 8.87. The molecule has 0 unspecified atom stereocenters. The van der Waals surface area contributed by atoms with E-state index in [0.29, 0.717) is 30.5 Å². The standard InChI is InChI=1S/C22H24O4/c23-22(24)21-14-6-5-13-16(21)9-15-12(19(14)20(13)15)3-1-2-11-4-7-17-18(8-11)26-10-25-17/h4-8,12-16,19-21H,1-3,9-10H2,(H,23,24)/t12-,13+,14-,15-,16-,19-,20-,21-/m0/s1. The van der Waals surface area contributed by atoms with Gasteiger partial charge >= 0.3 is 5.97 Å². The van der Waals surface area contributed by atoms with Crippen LogP contribution in [0, 0.1) is 47.3 Å². The molecule has 0 radical (unpaired) electrons. The molecule has 0 amide bonds. The number of benzene rings is 1. The highest BCUT2D eigenvalue weighted by Gasteiger charge is 2.69. The van der Waals surface area contributed by atoms with Crippen molar-refractivity contribution < 1.29 is 19.4 Å². The molecule has 3 fully saturated rings. The summed E-state index contributed by atoms with van der Waals surface area (Å²) >= 11 is 0. The fourth-order valence-corrected chi connectivity index (χ4v) is 7.25. The van der Waals surface area contributed by atoms with E-state index in [-0.39, 0.29) is 5.92 Å². The summed E-state index contributed by atoms with van der Waals surface area (Å²) < 4.78 is 10.9. The lowest BCUT2D eigenvalue weighted by Crippen LogP contribution is -2.56. The molecule has 0 aromatic heterocycles. The van der Waals surface area contributed by atoms with Crippen molar-refractivity contribution in [1.82, 2.24) is 0 Å². The van der Waals surface area contributed by atoms with Crippen molar-refractivity contribution in [2.24, 2.45) is 47.3 Å². The molecule has 1 aromatic carbocycles. The lowest BCUT2D eigenvalue weighted by Gasteiger charge is -2.59. The van der Waals surface area contributed by atoms with Gasteiger partial charge in [0, 0.05) is 0 Å². The molecule has 1 aromatic rings. The van der Waals surface area contributed by atoms with Gasteiger partial charge in [-0.25, -0.2) is 0 Å². The van der Waals surface area contributed by atoms with Gasteiger partial charge in [0.05, 0.1) is 5.92 Å². The van der Waals surface area contributed by atoms with Gasteiger partial charge in [-0.05, 0) is 84.8 Å². The van der Waals surface area contributed by atoms with Gasteiger partial charge in [-0.2, -0.15) is 0 Å². The normalized spacial score (nSPS) is 42.8. The van der Waals surface area contributed by atoms with Crippen LogP contribution in [0.3, 0.4) is 0 Å². The van der Waals surface area contributed by atoms with E-state index in [4.69, 9.17) is 9.47 Å². The smallest absolute Gasteiger partial charge is 0.307 e. The Balaban J connectivity index is 1.15. The zero-order chi connectivity index (χ0) is 17.4. The van der Waals surface area contributed by atoms with E-state index in [2.05, 4.69) is 24.3 Å². The SMILES string of the molecule is O=C(O)[C@H]1[C@H]2C=C[C@@H]3[C@@H]1C[C@H]1[C@H](CCCc4ccc5c(c4)OCO5)[C@@H]2[C@@H]31. The van der Waals surface area contributed by atoms with E-state index in [1.54, 1.807) is 0 Å². The molecule has 7 rings (SSSR count). The lowest BCUT2D eigenvalue weighted by molar-refractivity contribution is -0.155. The molecule has 0 saturated heterocycles. The van der Waals surface area contributed by atoms with E-state index in [9.17, 15) is 9.90 Å². The van der Waals surface area contributed by atoms with Crippen LogP contribution in [0.2, 0.25) is 0 Å². The summed E-state index contributed by atoms with van der Waals surface area (Å²) in [6.07, 6.45) is 9.24. The molecule has 26 heavy (non-hydrogen) atoms. The van der Waals surface area contributed by atoms with Crippen LogP contribution in [-0.2, 0) is 11.2 Å². The van der Waals surface area contributed by atoms with Gasteiger partial charge in [0.25, 0.3) is 0 Å². The van der Waals surface area contributed by atoms with Crippen molar-refractivity contribution in [3.05, 3.63) is 35.9 Å². The largest absolute Gasteiger partial charge is 0.481 e. The molecule has 1 N–H and O–H groups in total. The van der Waals surface area contributed by atoms with Crippen molar-refractivity contribution in [2.45, 2.75) is 25.7 Å². The second-order valence-corrected chi connectivity index (χ2v) is 8.87. The van der Waals surface area contributed by atoms with Gasteiger partial charge in [-0.3, -0.25) is 4.79 Å². The number of carboxylic acid groups (broad SMARTS) is 1. The Morgan fingerprint density at radius 3 is 2.81 bits per heavy atom. The molecule has 1 heterocycles. The molecular formula is C22H24O4. The summed E-state index contributed by atoms with van der Waals surface area (Å²) in [5.74, 6) is 5.25. The highest BCUT2D eigenvalue weighted by Crippen LogP contribution is 2.72. The third-order valence-electron chi connectivity index (χ3n) is 8.07. The van der Waals surface area contributed by atoms with E-state index in [0.717, 1.165) is 42.1 Å². The fraction of sp³-hybridized carbons (Fsp3) is 0.591. The number of carbonyl (C=O) groups is 1.